The second-order valence-electron chi connectivity index (χ2n) is 3.65. The van der Waals surface area contributed by atoms with Crippen molar-refractivity contribution in [1.82, 2.24) is 0 Å². The first-order chi connectivity index (χ1) is 9.38. The molecule has 0 amide bonds. The van der Waals surface area contributed by atoms with E-state index in [1.807, 2.05) is 0 Å². The van der Waals surface area contributed by atoms with Gasteiger partial charge in [-0.3, -0.25) is 4.79 Å². The van der Waals surface area contributed by atoms with Crippen LogP contribution in [0.4, 0.5) is 8.78 Å². The van der Waals surface area contributed by atoms with Crippen molar-refractivity contribution in [3.8, 4) is 5.75 Å². The molecule has 0 atom stereocenters. The van der Waals surface area contributed by atoms with E-state index >= 15 is 0 Å². The number of carbonyl (C=O) groups excluding carboxylic acids is 1. The molecule has 0 aliphatic heterocycles. The van der Waals surface area contributed by atoms with Crippen molar-refractivity contribution in [2.24, 2.45) is 0 Å². The lowest BCUT2D eigenvalue weighted by Gasteiger charge is -2.07. The third-order valence-corrected chi connectivity index (χ3v) is 5.07. The lowest BCUT2D eigenvalue weighted by atomic mass is 10.2. The Morgan fingerprint density at radius 1 is 1.20 bits per heavy atom. The van der Waals surface area contributed by atoms with E-state index in [9.17, 15) is 13.6 Å². The predicted octanol–water partition coefficient (Wildman–Crippen LogP) is 5.58. The number of thiophene rings is 1. The van der Waals surface area contributed by atoms with Crippen molar-refractivity contribution in [1.29, 1.82) is 0 Å². The number of rotatable bonds is 4. The molecule has 2 rings (SSSR count). The van der Waals surface area contributed by atoms with Gasteiger partial charge in [-0.2, -0.15) is 4.39 Å². The fraction of sp³-hybridized carbons (Fsp3) is 0.0833. The van der Waals surface area contributed by atoms with Crippen LogP contribution in [0.15, 0.2) is 30.2 Å². The summed E-state index contributed by atoms with van der Waals surface area (Å²) in [6.45, 7) is -0.380. The molecule has 0 aliphatic rings. The number of carbonyl (C=O) groups is 1. The summed E-state index contributed by atoms with van der Waals surface area (Å²) in [5.41, 5.74) is 0.428. The van der Waals surface area contributed by atoms with Crippen LogP contribution in [0.3, 0.4) is 0 Å². The Bertz CT molecular complexity index is 673. The fourth-order valence-electron chi connectivity index (χ4n) is 1.39. The van der Waals surface area contributed by atoms with E-state index in [1.165, 1.54) is 17.4 Å². The molecule has 20 heavy (non-hydrogen) atoms. The Hall–Kier alpha value is -0.310. The summed E-state index contributed by atoms with van der Waals surface area (Å²) in [6, 6.07) is 3.89. The van der Waals surface area contributed by atoms with E-state index < -0.39 is 11.6 Å². The number of ether oxygens (including phenoxy) is 1. The normalized spacial score (nSPS) is 10.7. The van der Waals surface area contributed by atoms with Crippen LogP contribution >= 0.6 is 59.1 Å². The van der Waals surface area contributed by atoms with Gasteiger partial charge in [0.15, 0.2) is 18.2 Å². The molecular weight excluding hydrogens is 486 g/mol. The van der Waals surface area contributed by atoms with Crippen molar-refractivity contribution in [2.45, 2.75) is 0 Å². The first-order valence-corrected chi connectivity index (χ1v) is 8.33. The van der Waals surface area contributed by atoms with Gasteiger partial charge in [-0.25, -0.2) is 4.39 Å². The lowest BCUT2D eigenvalue weighted by molar-refractivity contribution is 0.0917. The van der Waals surface area contributed by atoms with E-state index in [4.69, 9.17) is 4.74 Å². The van der Waals surface area contributed by atoms with Crippen molar-refractivity contribution < 1.29 is 18.3 Å². The lowest BCUT2D eigenvalue weighted by Crippen LogP contribution is -2.12. The Morgan fingerprint density at radius 3 is 2.50 bits per heavy atom. The van der Waals surface area contributed by atoms with Crippen molar-refractivity contribution >= 4 is 64.9 Å². The molecule has 1 heterocycles. The SMILES string of the molecule is O=C(COc1cc(Br)cc(F)c1F)c1cc(Br)sc1Br. The van der Waals surface area contributed by atoms with Crippen molar-refractivity contribution in [3.05, 3.63) is 47.4 Å². The summed E-state index contributed by atoms with van der Waals surface area (Å²) < 4.78 is 33.5. The van der Waals surface area contributed by atoms with Crippen LogP contribution in [0.25, 0.3) is 0 Å². The van der Waals surface area contributed by atoms with Crippen molar-refractivity contribution in [3.63, 3.8) is 0 Å². The second-order valence-corrected chi connectivity index (χ2v) is 8.31. The Labute approximate surface area is 142 Å². The average molecular weight is 491 g/mol. The molecular formula is C12H5Br3F2O2S. The van der Waals surface area contributed by atoms with Gasteiger partial charge < -0.3 is 4.74 Å². The largest absolute Gasteiger partial charge is 0.482 e. The van der Waals surface area contributed by atoms with Crippen LogP contribution in [0.5, 0.6) is 5.75 Å². The van der Waals surface area contributed by atoms with Gasteiger partial charge in [0.2, 0.25) is 11.6 Å². The van der Waals surface area contributed by atoms with E-state index in [2.05, 4.69) is 47.8 Å². The number of ketones is 1. The minimum atomic E-state index is -1.12. The van der Waals surface area contributed by atoms with Gasteiger partial charge >= 0.3 is 0 Å². The summed E-state index contributed by atoms with van der Waals surface area (Å²) in [7, 11) is 0. The average Bonchev–Trinajstić information content (AvgIpc) is 2.71. The first-order valence-electron chi connectivity index (χ1n) is 5.14. The van der Waals surface area contributed by atoms with Gasteiger partial charge in [-0.05, 0) is 50.1 Å². The van der Waals surface area contributed by atoms with Crippen molar-refractivity contribution in [2.75, 3.05) is 6.61 Å². The topological polar surface area (TPSA) is 26.3 Å². The molecule has 0 aliphatic carbocycles. The zero-order chi connectivity index (χ0) is 14.9. The highest BCUT2D eigenvalue weighted by atomic mass is 79.9. The van der Waals surface area contributed by atoms with Crippen LogP contribution in [-0.4, -0.2) is 12.4 Å². The molecule has 1 aromatic carbocycles. The van der Waals surface area contributed by atoms with E-state index in [-0.39, 0.29) is 18.1 Å². The Kier molecular flexibility index (Phi) is 5.33. The number of hydrogen-bond donors (Lipinski definition) is 0. The third kappa shape index (κ3) is 3.66. The van der Waals surface area contributed by atoms with E-state index in [0.717, 1.165) is 9.85 Å². The van der Waals surface area contributed by atoms with Gasteiger partial charge in [0.25, 0.3) is 0 Å². The van der Waals surface area contributed by atoms with Gasteiger partial charge in [0, 0.05) is 10.0 Å². The molecule has 0 N–H and O–H groups in total. The molecule has 106 valence electrons. The molecule has 0 saturated carbocycles. The molecule has 0 bridgehead atoms. The van der Waals surface area contributed by atoms with Crippen LogP contribution in [-0.2, 0) is 0 Å². The molecule has 0 fully saturated rings. The fourth-order valence-corrected chi connectivity index (χ4v) is 4.65. The number of halogens is 5. The molecule has 8 heteroatoms. The van der Waals surface area contributed by atoms with E-state index in [1.54, 1.807) is 6.07 Å². The zero-order valence-corrected chi connectivity index (χ0v) is 15.1. The molecule has 2 nitrogen and oxygen atoms in total. The predicted molar refractivity (Wildman–Crippen MR) is 83.6 cm³/mol. The maximum absolute atomic E-state index is 13.5. The van der Waals surface area contributed by atoms with Gasteiger partial charge in [0.05, 0.1) is 7.57 Å². The summed E-state index contributed by atoms with van der Waals surface area (Å²) in [5, 5.41) is 0. The third-order valence-electron chi connectivity index (χ3n) is 2.28. The van der Waals surface area contributed by atoms with Gasteiger partial charge in [-0.1, -0.05) is 15.9 Å². The summed E-state index contributed by atoms with van der Waals surface area (Å²) >= 11 is 10.9. The van der Waals surface area contributed by atoms with Crippen LogP contribution in [0.2, 0.25) is 0 Å². The quantitative estimate of drug-likeness (QED) is 0.413. The Balaban J connectivity index is 2.13. The standard InChI is InChI=1S/C12H5Br3F2O2S/c13-5-1-7(16)11(17)9(2-5)19-4-8(18)6-3-10(14)20-12(6)15/h1-3H,4H2. The minimum absolute atomic E-state index is 0.310. The van der Waals surface area contributed by atoms with Gasteiger partial charge in [-0.15, -0.1) is 11.3 Å². The summed E-state index contributed by atoms with van der Waals surface area (Å²) in [6.07, 6.45) is 0. The van der Waals surface area contributed by atoms with Crippen LogP contribution in [0.1, 0.15) is 10.4 Å². The monoisotopic (exact) mass is 488 g/mol. The molecule has 0 spiro atoms. The number of hydrogen-bond acceptors (Lipinski definition) is 3. The summed E-state index contributed by atoms with van der Waals surface area (Å²) in [4.78, 5) is 11.9. The highest BCUT2D eigenvalue weighted by Crippen LogP contribution is 2.32. The zero-order valence-electron chi connectivity index (χ0n) is 9.55. The summed E-state index contributed by atoms with van der Waals surface area (Å²) in [5.74, 6) is -2.80. The smallest absolute Gasteiger partial charge is 0.202 e. The maximum atomic E-state index is 13.5. The minimum Gasteiger partial charge on any atom is -0.482 e. The highest BCUT2D eigenvalue weighted by Gasteiger charge is 2.17. The molecule has 0 radical (unpaired) electrons. The number of Topliss-reactive ketones (excluding diaryl/α,β-unsaturated/α-hetero) is 1. The molecule has 1 aromatic heterocycles. The maximum Gasteiger partial charge on any atom is 0.202 e. The van der Waals surface area contributed by atoms with Crippen LogP contribution < -0.4 is 4.74 Å². The molecule has 0 saturated heterocycles. The molecule has 0 unspecified atom stereocenters. The Morgan fingerprint density at radius 2 is 1.90 bits per heavy atom. The first kappa shape index (κ1) is 16.1. The molecule has 2 aromatic rings. The van der Waals surface area contributed by atoms with Crippen LogP contribution in [0, 0.1) is 11.6 Å². The number of benzene rings is 1. The van der Waals surface area contributed by atoms with E-state index in [0.29, 0.717) is 13.8 Å². The second kappa shape index (κ2) is 6.64. The highest BCUT2D eigenvalue weighted by molar-refractivity contribution is 9.12. The van der Waals surface area contributed by atoms with Gasteiger partial charge in [0.1, 0.15) is 0 Å².